The zero-order valence-electron chi connectivity index (χ0n) is 20.9. The molecule has 0 bridgehead atoms. The number of nitrogens with zero attached hydrogens (tertiary/aromatic N) is 4. The molecule has 2 aromatic carbocycles. The van der Waals surface area contributed by atoms with Gasteiger partial charge in [0.15, 0.2) is 5.82 Å². The number of amides is 1. The molecule has 1 amide bonds. The summed E-state index contributed by atoms with van der Waals surface area (Å²) in [5, 5.41) is 6.71. The quantitative estimate of drug-likeness (QED) is 0.529. The summed E-state index contributed by atoms with van der Waals surface area (Å²) in [6.07, 6.45) is 5.26. The van der Waals surface area contributed by atoms with Crippen molar-refractivity contribution in [1.82, 2.24) is 20.2 Å². The molecule has 0 radical (unpaired) electrons. The highest BCUT2D eigenvalue weighted by molar-refractivity contribution is 6.33. The number of carbonyl (C=O) groups excluding carboxylic acids is 1. The van der Waals surface area contributed by atoms with E-state index in [4.69, 9.17) is 16.6 Å². The van der Waals surface area contributed by atoms with Gasteiger partial charge < -0.3 is 20.4 Å². The highest BCUT2D eigenvalue weighted by atomic mass is 35.5. The smallest absolute Gasteiger partial charge is 0.232 e. The summed E-state index contributed by atoms with van der Waals surface area (Å²) in [5.74, 6) is 1.68. The molecule has 186 valence electrons. The fourth-order valence-electron chi connectivity index (χ4n) is 6.37. The molecule has 6 rings (SSSR count). The van der Waals surface area contributed by atoms with E-state index in [0.717, 1.165) is 36.4 Å². The van der Waals surface area contributed by atoms with Crippen molar-refractivity contribution < 1.29 is 4.79 Å². The number of hydrogen-bond acceptors (Lipinski definition) is 6. The molecule has 2 aliphatic heterocycles. The Kier molecular flexibility index (Phi) is 5.65. The van der Waals surface area contributed by atoms with Gasteiger partial charge in [0.25, 0.3) is 0 Å². The third-order valence-corrected chi connectivity index (χ3v) is 8.23. The number of carbonyl (C=O) groups is 1. The van der Waals surface area contributed by atoms with Crippen molar-refractivity contribution in [3.8, 4) is 0 Å². The number of rotatable bonds is 4. The lowest BCUT2D eigenvalue weighted by Crippen LogP contribution is -2.43. The lowest BCUT2D eigenvalue weighted by Gasteiger charge is -2.37. The highest BCUT2D eigenvalue weighted by Gasteiger charge is 2.45. The van der Waals surface area contributed by atoms with Crippen LogP contribution in [-0.4, -0.2) is 48.0 Å². The predicted molar refractivity (Wildman–Crippen MR) is 144 cm³/mol. The topological polar surface area (TPSA) is 73.4 Å². The lowest BCUT2D eigenvalue weighted by atomic mass is 9.77. The number of benzene rings is 2. The van der Waals surface area contributed by atoms with Gasteiger partial charge in [-0.3, -0.25) is 4.79 Å². The molecule has 8 heteroatoms. The normalized spacial score (nSPS) is 22.7. The maximum atomic E-state index is 12.9. The molecule has 3 aliphatic rings. The molecule has 7 nitrogen and oxygen atoms in total. The van der Waals surface area contributed by atoms with E-state index >= 15 is 0 Å². The van der Waals surface area contributed by atoms with Crippen molar-refractivity contribution >= 4 is 40.6 Å². The van der Waals surface area contributed by atoms with Gasteiger partial charge in [-0.1, -0.05) is 29.8 Å². The number of para-hydroxylation sites is 1. The summed E-state index contributed by atoms with van der Waals surface area (Å²) in [7, 11) is 3.87. The van der Waals surface area contributed by atoms with Crippen LogP contribution < -0.4 is 15.5 Å². The monoisotopic (exact) mass is 502 g/mol. The number of aryl methyl sites for hydroxylation is 1. The molecule has 0 fully saturated rings. The van der Waals surface area contributed by atoms with Crippen LogP contribution in [-0.2, 0) is 23.2 Å². The summed E-state index contributed by atoms with van der Waals surface area (Å²) in [6.45, 7) is 4.51. The molecule has 0 saturated heterocycles. The van der Waals surface area contributed by atoms with Crippen LogP contribution in [0.1, 0.15) is 47.9 Å². The second kappa shape index (κ2) is 8.75. The second-order valence-electron chi connectivity index (χ2n) is 10.5. The Labute approximate surface area is 216 Å². The molecule has 0 spiro atoms. The number of aromatic nitrogens is 2. The third-order valence-electron chi connectivity index (χ3n) is 7.96. The maximum absolute atomic E-state index is 12.9. The largest absolute Gasteiger partial charge is 0.358 e. The summed E-state index contributed by atoms with van der Waals surface area (Å²) < 4.78 is 0. The fourth-order valence-corrected chi connectivity index (χ4v) is 6.56. The standard InChI is InChI=1S/C28H31ClN6O/c1-28(26(36)30-2)16-35(23-10-5-4-9-21(23)28)25-22(29)13-31-27(33-25)32-20-11-17-7-6-8-18-14-34(3)15-19(12-20)24(17)18/h4-5,9-13,18H,6-8,14-16H2,1-3H3,(H,30,36)(H,31,32,33). The van der Waals surface area contributed by atoms with Crippen LogP contribution in [0.4, 0.5) is 23.1 Å². The van der Waals surface area contributed by atoms with Gasteiger partial charge in [-0.25, -0.2) is 4.98 Å². The Bertz CT molecular complexity index is 1360. The first kappa shape index (κ1) is 23.3. The van der Waals surface area contributed by atoms with Gasteiger partial charge in [-0.2, -0.15) is 4.98 Å². The Hall–Kier alpha value is -3.16. The molecule has 36 heavy (non-hydrogen) atoms. The minimum atomic E-state index is -0.711. The number of hydrogen-bond donors (Lipinski definition) is 2. The number of likely N-dealkylation sites (N-methyl/N-ethyl adjacent to an activating group) is 2. The molecule has 1 aromatic heterocycles. The SMILES string of the molecule is CNC(=O)C1(C)CN(c2nc(Nc3cc4c5c(c3)CN(C)CC5CCC4)ncc2Cl)c2ccccc21. The molecule has 2 unspecified atom stereocenters. The summed E-state index contributed by atoms with van der Waals surface area (Å²) in [4.78, 5) is 26.6. The van der Waals surface area contributed by atoms with Crippen molar-refractivity contribution in [3.63, 3.8) is 0 Å². The Morgan fingerprint density at radius 1 is 1.22 bits per heavy atom. The zero-order chi connectivity index (χ0) is 25.0. The van der Waals surface area contributed by atoms with Crippen LogP contribution in [0.3, 0.4) is 0 Å². The molecular weight excluding hydrogens is 472 g/mol. The van der Waals surface area contributed by atoms with Gasteiger partial charge in [0.1, 0.15) is 5.02 Å². The highest BCUT2D eigenvalue weighted by Crippen LogP contribution is 2.46. The van der Waals surface area contributed by atoms with Crippen LogP contribution >= 0.6 is 11.6 Å². The number of halogens is 1. The van der Waals surface area contributed by atoms with E-state index in [1.54, 1.807) is 18.8 Å². The van der Waals surface area contributed by atoms with Gasteiger partial charge in [0, 0.05) is 38.1 Å². The second-order valence-corrected chi connectivity index (χ2v) is 10.9. The van der Waals surface area contributed by atoms with Crippen LogP contribution in [0.5, 0.6) is 0 Å². The van der Waals surface area contributed by atoms with Gasteiger partial charge >= 0.3 is 0 Å². The lowest BCUT2D eigenvalue weighted by molar-refractivity contribution is -0.125. The van der Waals surface area contributed by atoms with E-state index in [0.29, 0.717) is 29.3 Å². The van der Waals surface area contributed by atoms with Crippen molar-refractivity contribution in [1.29, 1.82) is 0 Å². The van der Waals surface area contributed by atoms with Gasteiger partial charge in [0.2, 0.25) is 11.9 Å². The summed E-state index contributed by atoms with van der Waals surface area (Å²) in [6, 6.07) is 12.5. The third kappa shape index (κ3) is 3.73. The first-order valence-electron chi connectivity index (χ1n) is 12.6. The van der Waals surface area contributed by atoms with E-state index in [1.165, 1.54) is 24.0 Å². The number of nitrogens with one attached hydrogen (secondary N) is 2. The van der Waals surface area contributed by atoms with Gasteiger partial charge in [-0.05, 0) is 79.6 Å². The zero-order valence-corrected chi connectivity index (χ0v) is 21.7. The first-order chi connectivity index (χ1) is 17.4. The average Bonchev–Trinajstić information content (AvgIpc) is 3.18. The van der Waals surface area contributed by atoms with Crippen LogP contribution in [0.15, 0.2) is 42.6 Å². The molecule has 3 heterocycles. The number of anilines is 4. The minimum Gasteiger partial charge on any atom is -0.358 e. The van der Waals surface area contributed by atoms with Crippen molar-refractivity contribution in [2.75, 3.05) is 37.4 Å². The van der Waals surface area contributed by atoms with Crippen LogP contribution in [0.25, 0.3) is 0 Å². The first-order valence-corrected chi connectivity index (χ1v) is 13.0. The maximum Gasteiger partial charge on any atom is 0.232 e. The van der Waals surface area contributed by atoms with Gasteiger partial charge in [0.05, 0.1) is 11.6 Å². The van der Waals surface area contributed by atoms with E-state index in [9.17, 15) is 4.79 Å². The predicted octanol–water partition coefficient (Wildman–Crippen LogP) is 4.89. The fraction of sp³-hybridized carbons (Fsp3) is 0.393. The summed E-state index contributed by atoms with van der Waals surface area (Å²) in [5.41, 5.74) is 6.59. The molecule has 3 aromatic rings. The average molecular weight is 503 g/mol. The number of fused-ring (bicyclic) bond motifs is 1. The Morgan fingerprint density at radius 2 is 2.03 bits per heavy atom. The molecular formula is C28H31ClN6O. The Balaban J connectivity index is 1.35. The minimum absolute atomic E-state index is 0.0349. The van der Waals surface area contributed by atoms with Crippen LogP contribution in [0.2, 0.25) is 5.02 Å². The van der Waals surface area contributed by atoms with Gasteiger partial charge in [-0.15, -0.1) is 0 Å². The van der Waals surface area contributed by atoms with Crippen molar-refractivity contribution in [2.24, 2.45) is 0 Å². The van der Waals surface area contributed by atoms with E-state index in [-0.39, 0.29) is 5.91 Å². The molecule has 0 saturated carbocycles. The van der Waals surface area contributed by atoms with E-state index < -0.39 is 5.41 Å². The van der Waals surface area contributed by atoms with E-state index in [2.05, 4.69) is 39.7 Å². The molecule has 2 atom stereocenters. The summed E-state index contributed by atoms with van der Waals surface area (Å²) >= 11 is 6.63. The molecule has 1 aliphatic carbocycles. The molecule has 2 N–H and O–H groups in total. The Morgan fingerprint density at radius 3 is 2.86 bits per heavy atom. The van der Waals surface area contributed by atoms with Crippen molar-refractivity contribution in [3.05, 3.63) is 69.9 Å². The van der Waals surface area contributed by atoms with E-state index in [1.807, 2.05) is 36.1 Å². The van der Waals surface area contributed by atoms with Crippen molar-refractivity contribution in [2.45, 2.75) is 44.1 Å². The van der Waals surface area contributed by atoms with Crippen LogP contribution in [0, 0.1) is 0 Å².